The van der Waals surface area contributed by atoms with Crippen molar-refractivity contribution in [1.82, 2.24) is 19.9 Å². The third-order valence-corrected chi connectivity index (χ3v) is 11.6. The lowest BCUT2D eigenvalue weighted by atomic mass is 9.92. The summed E-state index contributed by atoms with van der Waals surface area (Å²) in [6.45, 7) is 0. The summed E-state index contributed by atoms with van der Waals surface area (Å²) in [5.41, 5.74) is 12.0. The van der Waals surface area contributed by atoms with Gasteiger partial charge in [0.15, 0.2) is 0 Å². The molecule has 4 aromatic heterocycles. The number of nitrogens with one attached hydrogen (secondary N) is 2. The summed E-state index contributed by atoms with van der Waals surface area (Å²) in [5.74, 6) is 1.60. The van der Waals surface area contributed by atoms with Crippen LogP contribution in [0.25, 0.3) is 121 Å². The fraction of sp³-hybridized carbons (Fsp3) is 0.0400. The molecule has 5 heterocycles. The van der Waals surface area contributed by atoms with Gasteiger partial charge >= 0.3 is 0 Å². The summed E-state index contributed by atoms with van der Waals surface area (Å²) in [6.07, 6.45) is 0. The molecular formula is C50H32N4O2. The highest BCUT2D eigenvalue weighted by Crippen LogP contribution is 2.47. The van der Waals surface area contributed by atoms with Crippen LogP contribution in [0.15, 0.2) is 146 Å². The highest BCUT2D eigenvalue weighted by Gasteiger charge is 2.22. The van der Waals surface area contributed by atoms with Crippen LogP contribution in [0.4, 0.5) is 0 Å². The molecule has 0 unspecified atom stereocenters. The maximum absolute atomic E-state index is 6.22. The minimum absolute atomic E-state index is 0.791. The first kappa shape index (κ1) is 31.0. The van der Waals surface area contributed by atoms with Crippen molar-refractivity contribution in [2.45, 2.75) is 0 Å². The van der Waals surface area contributed by atoms with E-state index < -0.39 is 0 Å². The fourth-order valence-corrected chi connectivity index (χ4v) is 9.14. The van der Waals surface area contributed by atoms with Gasteiger partial charge in [0.05, 0.1) is 42.2 Å². The maximum Gasteiger partial charge on any atom is 0.127 e. The number of nitrogens with zero attached hydrogens (tertiary/aromatic N) is 2. The molecule has 0 saturated heterocycles. The van der Waals surface area contributed by atoms with Crippen LogP contribution in [0.3, 0.4) is 0 Å². The Morgan fingerprint density at radius 3 is 1.79 bits per heavy atom. The third-order valence-electron chi connectivity index (χ3n) is 11.6. The molecule has 0 amide bonds. The predicted molar refractivity (Wildman–Crippen MR) is 231 cm³/mol. The van der Waals surface area contributed by atoms with Gasteiger partial charge in [0.25, 0.3) is 0 Å². The Morgan fingerprint density at radius 2 is 1.05 bits per heavy atom. The lowest BCUT2D eigenvalue weighted by Gasteiger charge is -2.13. The van der Waals surface area contributed by atoms with Crippen molar-refractivity contribution in [3.8, 4) is 45.1 Å². The number of H-pyrrole nitrogens is 2. The van der Waals surface area contributed by atoms with E-state index in [4.69, 9.17) is 19.4 Å². The molecule has 8 bridgehead atoms. The zero-order valence-corrected chi connectivity index (χ0v) is 30.6. The lowest BCUT2D eigenvalue weighted by molar-refractivity contribution is 0.415. The minimum atomic E-state index is 0.791. The molecule has 2 N–H and O–H groups in total. The molecule has 12 rings (SSSR count). The molecule has 0 radical (unpaired) electrons. The van der Waals surface area contributed by atoms with E-state index in [1.54, 1.807) is 14.2 Å². The number of ether oxygens (including phenoxy) is 2. The van der Waals surface area contributed by atoms with Gasteiger partial charge in [-0.2, -0.15) is 0 Å². The van der Waals surface area contributed by atoms with Crippen LogP contribution < -0.4 is 9.47 Å². The van der Waals surface area contributed by atoms with Crippen LogP contribution >= 0.6 is 0 Å². The standard InChI is InChI=1S/C50H32N4O2/c1-55-29-12-9-11-27(21-29)28-22-37-35-19-10-20-45(56-2)47(35)48-49-36-18-8-7-17-34(36)43(53-49)25-41-32-15-5-3-13-30(32)39(51-41)24-40-31-14-4-6-16-33(31)42(52-40)26-44-38(23-28)46(37)50(48)54-44/h3-26,52-53H,1-2H3. The van der Waals surface area contributed by atoms with Crippen LogP contribution in [0.1, 0.15) is 0 Å². The summed E-state index contributed by atoms with van der Waals surface area (Å²) in [7, 11) is 3.46. The summed E-state index contributed by atoms with van der Waals surface area (Å²) < 4.78 is 11.9. The van der Waals surface area contributed by atoms with Crippen molar-refractivity contribution in [2.75, 3.05) is 14.2 Å². The Bertz CT molecular complexity index is 3580. The molecule has 6 nitrogen and oxygen atoms in total. The normalized spacial score (nSPS) is 12.1. The number of aromatic amines is 2. The summed E-state index contributed by atoms with van der Waals surface area (Å²) in [5, 5.41) is 10.9. The Kier molecular flexibility index (Phi) is 6.38. The quantitative estimate of drug-likeness (QED) is 0.178. The molecule has 0 fully saturated rings. The van der Waals surface area contributed by atoms with Gasteiger partial charge in [0.1, 0.15) is 11.5 Å². The monoisotopic (exact) mass is 720 g/mol. The second kappa shape index (κ2) is 11.5. The van der Waals surface area contributed by atoms with Crippen LogP contribution in [-0.4, -0.2) is 34.2 Å². The Morgan fingerprint density at radius 1 is 0.429 bits per heavy atom. The molecule has 56 heavy (non-hydrogen) atoms. The molecule has 11 aromatic rings. The second-order valence-corrected chi connectivity index (χ2v) is 14.6. The number of aromatic nitrogens is 4. The number of rotatable bonds is 3. The fourth-order valence-electron chi connectivity index (χ4n) is 9.14. The van der Waals surface area contributed by atoms with Gasteiger partial charge in [-0.15, -0.1) is 0 Å². The van der Waals surface area contributed by atoms with Crippen LogP contribution in [-0.2, 0) is 0 Å². The van der Waals surface area contributed by atoms with Gasteiger partial charge in [-0.3, -0.25) is 0 Å². The number of hydrogen-bond donors (Lipinski definition) is 2. The summed E-state index contributed by atoms with van der Waals surface area (Å²) >= 11 is 0. The van der Waals surface area contributed by atoms with Crippen molar-refractivity contribution >= 4 is 87.0 Å². The molecule has 7 aromatic carbocycles. The SMILES string of the molecule is COc1cccc(-c2cc3c4cc5[nH]c(cc6nc(cc7[nH]c(c8ccccc78)c7c(n4)c3c(c2)c2cccc(OC)c27)-c2ccccc2-6)c2ccccc52)c1. The van der Waals surface area contributed by atoms with E-state index in [0.29, 0.717) is 0 Å². The van der Waals surface area contributed by atoms with Gasteiger partial charge in [-0.1, -0.05) is 97.1 Å². The highest BCUT2D eigenvalue weighted by molar-refractivity contribution is 6.37. The molecule has 6 heteroatoms. The topological polar surface area (TPSA) is 75.8 Å². The first-order valence-electron chi connectivity index (χ1n) is 18.8. The van der Waals surface area contributed by atoms with Crippen LogP contribution in [0, 0.1) is 0 Å². The molecule has 0 aliphatic carbocycles. The molecule has 1 aliphatic rings. The lowest BCUT2D eigenvalue weighted by Crippen LogP contribution is -1.89. The van der Waals surface area contributed by atoms with Gasteiger partial charge in [-0.05, 0) is 70.4 Å². The average Bonchev–Trinajstić information content (AvgIpc) is 4.00. The summed E-state index contributed by atoms with van der Waals surface area (Å²) in [4.78, 5) is 18.7. The Balaban J connectivity index is 1.38. The van der Waals surface area contributed by atoms with Gasteiger partial charge in [0.2, 0.25) is 0 Å². The molecule has 0 spiro atoms. The second-order valence-electron chi connectivity index (χ2n) is 14.6. The highest BCUT2D eigenvalue weighted by atomic mass is 16.5. The van der Waals surface area contributed by atoms with Crippen molar-refractivity contribution in [3.63, 3.8) is 0 Å². The van der Waals surface area contributed by atoms with Gasteiger partial charge in [0, 0.05) is 70.8 Å². The zero-order chi connectivity index (χ0) is 37.1. The van der Waals surface area contributed by atoms with Crippen LogP contribution in [0.5, 0.6) is 11.5 Å². The number of fused-ring (bicyclic) bond motifs is 21. The van der Waals surface area contributed by atoms with Crippen molar-refractivity contribution in [3.05, 3.63) is 146 Å². The number of methoxy groups -OCH3 is 2. The van der Waals surface area contributed by atoms with Crippen molar-refractivity contribution in [1.29, 1.82) is 0 Å². The zero-order valence-electron chi connectivity index (χ0n) is 30.6. The average molecular weight is 721 g/mol. The number of hydrogen-bond acceptors (Lipinski definition) is 4. The van der Waals surface area contributed by atoms with Crippen LogP contribution in [0.2, 0.25) is 0 Å². The molecule has 264 valence electrons. The van der Waals surface area contributed by atoms with E-state index in [2.05, 4.69) is 143 Å². The van der Waals surface area contributed by atoms with E-state index in [0.717, 1.165) is 132 Å². The van der Waals surface area contributed by atoms with E-state index >= 15 is 0 Å². The van der Waals surface area contributed by atoms with E-state index in [-0.39, 0.29) is 0 Å². The molecular weight excluding hydrogens is 689 g/mol. The van der Waals surface area contributed by atoms with E-state index in [9.17, 15) is 0 Å². The predicted octanol–water partition coefficient (Wildman–Crippen LogP) is 12.8. The molecule has 0 atom stereocenters. The number of benzene rings is 7. The first-order chi connectivity index (χ1) is 27.6. The third kappa shape index (κ3) is 4.32. The Labute approximate surface area is 320 Å². The largest absolute Gasteiger partial charge is 0.497 e. The molecule has 1 aliphatic heterocycles. The van der Waals surface area contributed by atoms with Crippen molar-refractivity contribution < 1.29 is 9.47 Å². The van der Waals surface area contributed by atoms with Crippen molar-refractivity contribution in [2.24, 2.45) is 0 Å². The van der Waals surface area contributed by atoms with E-state index in [1.165, 1.54) is 0 Å². The maximum atomic E-state index is 6.22. The van der Waals surface area contributed by atoms with Gasteiger partial charge < -0.3 is 19.4 Å². The Hall–Kier alpha value is -7.44. The van der Waals surface area contributed by atoms with Gasteiger partial charge in [-0.25, -0.2) is 9.97 Å². The first-order valence-corrected chi connectivity index (χ1v) is 18.8. The van der Waals surface area contributed by atoms with E-state index in [1.807, 2.05) is 12.1 Å². The molecule has 0 saturated carbocycles. The smallest absolute Gasteiger partial charge is 0.127 e. The summed E-state index contributed by atoms with van der Waals surface area (Å²) in [6, 6.07) is 51.5. The minimum Gasteiger partial charge on any atom is -0.497 e.